The zero-order chi connectivity index (χ0) is 20.4. The third kappa shape index (κ3) is 4.47. The van der Waals surface area contributed by atoms with Crippen molar-refractivity contribution in [1.29, 1.82) is 0 Å². The van der Waals surface area contributed by atoms with E-state index in [1.807, 2.05) is 12.1 Å². The van der Waals surface area contributed by atoms with Crippen LogP contribution in [0.1, 0.15) is 32.1 Å². The first-order chi connectivity index (χ1) is 14.0. The maximum absolute atomic E-state index is 13.3. The van der Waals surface area contributed by atoms with Gasteiger partial charge in [-0.15, -0.1) is 0 Å². The smallest absolute Gasteiger partial charge is 0.282 e. The molecule has 4 rings (SSSR count). The second kappa shape index (κ2) is 8.82. The number of imide groups is 1. The number of nitrogens with one attached hydrogen (secondary N) is 1. The van der Waals surface area contributed by atoms with Gasteiger partial charge in [0.2, 0.25) is 0 Å². The second-order valence-corrected chi connectivity index (χ2v) is 9.12. The number of hydrogen-bond donors (Lipinski definition) is 1. The summed E-state index contributed by atoms with van der Waals surface area (Å²) in [6, 6.07) is 14.2. The third-order valence-corrected chi connectivity index (χ3v) is 6.71. The molecule has 2 aromatic rings. The van der Waals surface area contributed by atoms with Crippen LogP contribution in [0.4, 0.5) is 5.69 Å². The van der Waals surface area contributed by atoms with Crippen molar-refractivity contribution in [3.63, 3.8) is 0 Å². The van der Waals surface area contributed by atoms with Crippen LogP contribution in [0.5, 0.6) is 0 Å². The summed E-state index contributed by atoms with van der Waals surface area (Å²) in [6.45, 7) is 0. The topological polar surface area (TPSA) is 49.4 Å². The molecule has 0 bridgehead atoms. The fourth-order valence-corrected chi connectivity index (χ4v) is 4.81. The fourth-order valence-electron chi connectivity index (χ4n) is 3.63. The maximum atomic E-state index is 13.3. The Balaban J connectivity index is 1.67. The van der Waals surface area contributed by atoms with Gasteiger partial charge in [0.15, 0.2) is 0 Å². The van der Waals surface area contributed by atoms with Gasteiger partial charge in [-0.3, -0.25) is 9.59 Å². The van der Waals surface area contributed by atoms with Crippen molar-refractivity contribution in [2.75, 3.05) is 4.90 Å². The van der Waals surface area contributed by atoms with E-state index in [1.54, 1.807) is 36.4 Å². The van der Waals surface area contributed by atoms with Crippen molar-refractivity contribution >= 4 is 52.5 Å². The van der Waals surface area contributed by atoms with Crippen molar-refractivity contribution in [3.8, 4) is 0 Å². The molecule has 2 aromatic carbocycles. The molecular formula is C22H20Cl2N2O2S. The van der Waals surface area contributed by atoms with Gasteiger partial charge in [0.1, 0.15) is 10.6 Å². The van der Waals surface area contributed by atoms with E-state index in [-0.39, 0.29) is 17.9 Å². The molecule has 150 valence electrons. The predicted molar refractivity (Wildman–Crippen MR) is 118 cm³/mol. The van der Waals surface area contributed by atoms with Crippen molar-refractivity contribution in [1.82, 2.24) is 5.32 Å². The number of rotatable bonds is 5. The van der Waals surface area contributed by atoms with Gasteiger partial charge in [0.25, 0.3) is 11.8 Å². The average molecular weight is 447 g/mol. The lowest BCUT2D eigenvalue weighted by Gasteiger charge is -2.24. The quantitative estimate of drug-likeness (QED) is 0.590. The van der Waals surface area contributed by atoms with Gasteiger partial charge < -0.3 is 5.32 Å². The average Bonchev–Trinajstić information content (AvgIpc) is 2.95. The van der Waals surface area contributed by atoms with Gasteiger partial charge in [-0.25, -0.2) is 4.90 Å². The first-order valence-corrected chi connectivity index (χ1v) is 11.2. The first-order valence-electron chi connectivity index (χ1n) is 9.61. The molecule has 1 saturated carbocycles. The lowest BCUT2D eigenvalue weighted by Crippen LogP contribution is -2.37. The highest BCUT2D eigenvalue weighted by Crippen LogP contribution is 2.37. The monoisotopic (exact) mass is 446 g/mol. The fraction of sp³-hybridized carbons (Fsp3) is 0.273. The Labute approximate surface area is 184 Å². The highest BCUT2D eigenvalue weighted by Gasteiger charge is 2.40. The lowest BCUT2D eigenvalue weighted by molar-refractivity contribution is -0.120. The van der Waals surface area contributed by atoms with Gasteiger partial charge in [0.05, 0.1) is 5.69 Å². The van der Waals surface area contributed by atoms with E-state index >= 15 is 0 Å². The summed E-state index contributed by atoms with van der Waals surface area (Å²) in [5, 5.41) is 4.56. The molecule has 0 saturated heterocycles. The number of carbonyl (C=O) groups is 2. The number of nitrogens with zero attached hydrogens (tertiary/aromatic N) is 1. The summed E-state index contributed by atoms with van der Waals surface area (Å²) in [5.41, 5.74) is 0.899. The summed E-state index contributed by atoms with van der Waals surface area (Å²) >= 11 is 13.2. The van der Waals surface area contributed by atoms with E-state index in [9.17, 15) is 9.59 Å². The largest absolute Gasteiger partial charge is 0.377 e. The SMILES string of the molecule is O=C1C(NC2CCCCC2)=C(Sc2ccc(Cl)cc2)C(=O)N1c1ccc(Cl)cc1. The van der Waals surface area contributed by atoms with E-state index in [0.717, 1.165) is 30.6 Å². The van der Waals surface area contributed by atoms with Crippen LogP contribution in [0.15, 0.2) is 64.0 Å². The highest BCUT2D eigenvalue weighted by atomic mass is 35.5. The van der Waals surface area contributed by atoms with Gasteiger partial charge in [-0.05, 0) is 61.4 Å². The van der Waals surface area contributed by atoms with Gasteiger partial charge in [-0.1, -0.05) is 54.2 Å². The van der Waals surface area contributed by atoms with Crippen molar-refractivity contribution in [2.45, 2.75) is 43.0 Å². The molecule has 29 heavy (non-hydrogen) atoms. The summed E-state index contributed by atoms with van der Waals surface area (Å²) in [4.78, 5) is 29.0. The molecule has 4 nitrogen and oxygen atoms in total. The summed E-state index contributed by atoms with van der Waals surface area (Å²) in [7, 11) is 0. The lowest BCUT2D eigenvalue weighted by atomic mass is 9.95. The number of hydrogen-bond acceptors (Lipinski definition) is 4. The molecule has 1 heterocycles. The second-order valence-electron chi connectivity index (χ2n) is 7.16. The minimum atomic E-state index is -0.324. The van der Waals surface area contributed by atoms with Crippen molar-refractivity contribution in [2.24, 2.45) is 0 Å². The Morgan fingerprint density at radius 3 is 2.03 bits per heavy atom. The van der Waals surface area contributed by atoms with E-state index in [0.29, 0.717) is 26.3 Å². The Hall–Kier alpha value is -1.95. The maximum Gasteiger partial charge on any atom is 0.282 e. The number of thioether (sulfide) groups is 1. The number of carbonyl (C=O) groups excluding carboxylic acids is 2. The molecule has 1 aliphatic heterocycles. The van der Waals surface area contributed by atoms with Gasteiger partial charge in [-0.2, -0.15) is 0 Å². The molecule has 1 fully saturated rings. The Morgan fingerprint density at radius 2 is 1.41 bits per heavy atom. The standard InChI is InChI=1S/C22H20Cl2N2O2S/c23-14-6-10-17(11-7-14)26-21(27)19(25-16-4-2-1-3-5-16)20(22(26)28)29-18-12-8-15(24)9-13-18/h6-13,16,25H,1-5H2. The summed E-state index contributed by atoms with van der Waals surface area (Å²) in [6.07, 6.45) is 5.49. The van der Waals surface area contributed by atoms with Crippen LogP contribution in [-0.2, 0) is 9.59 Å². The van der Waals surface area contributed by atoms with Crippen LogP contribution in [-0.4, -0.2) is 17.9 Å². The van der Waals surface area contributed by atoms with Crippen molar-refractivity contribution < 1.29 is 9.59 Å². The molecule has 7 heteroatoms. The molecule has 0 spiro atoms. The number of halogens is 2. The van der Waals surface area contributed by atoms with Crippen LogP contribution < -0.4 is 10.2 Å². The Bertz CT molecular complexity index is 952. The number of amides is 2. The normalized spacial score (nSPS) is 17.9. The molecule has 1 aliphatic carbocycles. The molecule has 0 unspecified atom stereocenters. The van der Waals surface area contributed by atoms with Crippen LogP contribution in [0.2, 0.25) is 10.0 Å². The van der Waals surface area contributed by atoms with Crippen LogP contribution in [0.25, 0.3) is 0 Å². The summed E-state index contributed by atoms with van der Waals surface area (Å²) < 4.78 is 0. The molecule has 0 aromatic heterocycles. The molecule has 2 amide bonds. The molecule has 0 radical (unpaired) electrons. The highest BCUT2D eigenvalue weighted by molar-refractivity contribution is 8.04. The first kappa shape index (κ1) is 20.3. The van der Waals surface area contributed by atoms with Crippen molar-refractivity contribution in [3.05, 3.63) is 69.2 Å². The van der Waals surface area contributed by atoms with E-state index in [2.05, 4.69) is 5.32 Å². The van der Waals surface area contributed by atoms with E-state index in [1.165, 1.54) is 23.1 Å². The third-order valence-electron chi connectivity index (χ3n) is 5.11. The number of anilines is 1. The molecule has 0 atom stereocenters. The predicted octanol–water partition coefficient (Wildman–Crippen LogP) is 5.79. The van der Waals surface area contributed by atoms with Gasteiger partial charge in [0, 0.05) is 21.0 Å². The Morgan fingerprint density at radius 1 is 0.828 bits per heavy atom. The Kier molecular flexibility index (Phi) is 6.18. The minimum absolute atomic E-state index is 0.210. The summed E-state index contributed by atoms with van der Waals surface area (Å²) in [5.74, 6) is -0.644. The zero-order valence-electron chi connectivity index (χ0n) is 15.7. The molecule has 2 aliphatic rings. The van der Waals surface area contributed by atoms with E-state index in [4.69, 9.17) is 23.2 Å². The minimum Gasteiger partial charge on any atom is -0.377 e. The van der Waals surface area contributed by atoms with Gasteiger partial charge >= 0.3 is 0 Å². The van der Waals surface area contributed by atoms with Crippen LogP contribution in [0, 0.1) is 0 Å². The van der Waals surface area contributed by atoms with E-state index < -0.39 is 0 Å². The zero-order valence-corrected chi connectivity index (χ0v) is 18.0. The molecular weight excluding hydrogens is 427 g/mol. The molecule has 1 N–H and O–H groups in total. The number of benzene rings is 2. The van der Waals surface area contributed by atoms with Crippen LogP contribution in [0.3, 0.4) is 0 Å². The van der Waals surface area contributed by atoms with Crippen LogP contribution >= 0.6 is 35.0 Å².